The second-order valence-electron chi connectivity index (χ2n) is 9.18. The van der Waals surface area contributed by atoms with Crippen molar-refractivity contribution in [2.45, 2.75) is 88.4 Å². The second kappa shape index (κ2) is 9.29. The van der Waals surface area contributed by atoms with Crippen LogP contribution in [0.2, 0.25) is 0 Å². The highest BCUT2D eigenvalue weighted by molar-refractivity contribution is 5.82. The first kappa shape index (κ1) is 21.5. The van der Waals surface area contributed by atoms with Crippen molar-refractivity contribution < 1.29 is 24.5 Å². The first-order valence-corrected chi connectivity index (χ1v) is 11.7. The molecule has 2 aromatic heterocycles. The van der Waals surface area contributed by atoms with E-state index in [0.29, 0.717) is 23.0 Å². The van der Waals surface area contributed by atoms with Gasteiger partial charge in [-0.2, -0.15) is 0 Å². The number of aromatic nitrogens is 4. The number of aliphatic hydroxyl groups excluding tert-OH is 2. The number of anilines is 1. The van der Waals surface area contributed by atoms with Crippen LogP contribution in [0.15, 0.2) is 12.7 Å². The summed E-state index contributed by atoms with van der Waals surface area (Å²) in [4.78, 5) is 25.5. The molecule has 5 rings (SSSR count). The molecule has 4 atom stereocenters. The number of carbonyl (C=O) groups excluding carboxylic acids is 1. The van der Waals surface area contributed by atoms with Crippen molar-refractivity contribution in [1.82, 2.24) is 19.5 Å². The number of hydrogen-bond donors (Lipinski definition) is 3. The normalized spacial score (nSPS) is 29.6. The third kappa shape index (κ3) is 4.18. The number of carbonyl (C=O) groups is 1. The van der Waals surface area contributed by atoms with E-state index in [4.69, 9.17) is 9.47 Å². The average Bonchev–Trinajstić information content (AvgIpc) is 3.54. The van der Waals surface area contributed by atoms with E-state index >= 15 is 0 Å². The average molecular weight is 446 g/mol. The molecule has 10 nitrogen and oxygen atoms in total. The first-order valence-electron chi connectivity index (χ1n) is 11.7. The molecule has 10 heteroatoms. The summed E-state index contributed by atoms with van der Waals surface area (Å²) in [6.45, 7) is -0.0971. The van der Waals surface area contributed by atoms with E-state index in [-0.39, 0.29) is 18.5 Å². The van der Waals surface area contributed by atoms with E-state index in [9.17, 15) is 15.0 Å². The van der Waals surface area contributed by atoms with E-state index < -0.39 is 24.5 Å². The molecule has 1 aliphatic heterocycles. The van der Waals surface area contributed by atoms with E-state index in [0.717, 1.165) is 44.9 Å². The summed E-state index contributed by atoms with van der Waals surface area (Å²) in [5.74, 6) is 0.330. The van der Waals surface area contributed by atoms with Gasteiger partial charge in [0.2, 0.25) is 0 Å². The van der Waals surface area contributed by atoms with Crippen LogP contribution in [-0.4, -0.2) is 66.7 Å². The summed E-state index contributed by atoms with van der Waals surface area (Å²) in [6.07, 6.45) is 8.42. The Labute approximate surface area is 186 Å². The topological polar surface area (TPSA) is 132 Å². The minimum absolute atomic E-state index is 0.0805. The van der Waals surface area contributed by atoms with Crippen molar-refractivity contribution in [2.75, 3.05) is 11.9 Å². The monoisotopic (exact) mass is 445 g/mol. The fraction of sp³-hybridized carbons (Fsp3) is 0.727. The Morgan fingerprint density at radius 1 is 1.06 bits per heavy atom. The maximum absolute atomic E-state index is 12.3. The van der Waals surface area contributed by atoms with Gasteiger partial charge in [0.25, 0.3) is 0 Å². The van der Waals surface area contributed by atoms with E-state index in [2.05, 4.69) is 20.3 Å². The zero-order valence-electron chi connectivity index (χ0n) is 18.1. The number of fused-ring (bicyclic) bond motifs is 1. The Bertz CT molecular complexity index is 940. The van der Waals surface area contributed by atoms with Gasteiger partial charge in [0.05, 0.1) is 12.2 Å². The molecule has 0 unspecified atom stereocenters. The Kier molecular flexibility index (Phi) is 6.25. The lowest BCUT2D eigenvalue weighted by Crippen LogP contribution is -2.35. The van der Waals surface area contributed by atoms with E-state index in [1.54, 1.807) is 4.57 Å². The summed E-state index contributed by atoms with van der Waals surface area (Å²) >= 11 is 0. The number of imidazole rings is 1. The molecule has 32 heavy (non-hydrogen) atoms. The molecule has 0 aromatic carbocycles. The number of nitrogens with one attached hydrogen (secondary N) is 1. The number of ether oxygens (including phenoxy) is 2. The van der Waals surface area contributed by atoms with Crippen molar-refractivity contribution in [3.63, 3.8) is 0 Å². The number of aliphatic hydroxyl groups is 2. The van der Waals surface area contributed by atoms with Crippen LogP contribution >= 0.6 is 0 Å². The van der Waals surface area contributed by atoms with Gasteiger partial charge < -0.3 is 25.0 Å². The number of rotatable bonds is 6. The van der Waals surface area contributed by atoms with Gasteiger partial charge in [-0.15, -0.1) is 0 Å². The predicted octanol–water partition coefficient (Wildman–Crippen LogP) is 1.92. The Balaban J connectivity index is 1.27. The van der Waals surface area contributed by atoms with Crippen molar-refractivity contribution in [1.29, 1.82) is 0 Å². The zero-order valence-corrected chi connectivity index (χ0v) is 18.1. The molecule has 0 amide bonds. The van der Waals surface area contributed by atoms with E-state index in [1.807, 2.05) is 0 Å². The molecule has 3 heterocycles. The molecule has 3 aliphatic rings. The van der Waals surface area contributed by atoms with E-state index in [1.165, 1.54) is 25.5 Å². The van der Waals surface area contributed by atoms with Crippen LogP contribution in [0.5, 0.6) is 0 Å². The largest absolute Gasteiger partial charge is 0.463 e. The number of hydrogen-bond acceptors (Lipinski definition) is 9. The highest BCUT2D eigenvalue weighted by atomic mass is 16.6. The lowest BCUT2D eigenvalue weighted by Gasteiger charge is -2.21. The smallest absolute Gasteiger partial charge is 0.309 e. The van der Waals surface area contributed by atoms with Gasteiger partial charge in [-0.1, -0.05) is 32.1 Å². The van der Waals surface area contributed by atoms with Gasteiger partial charge in [0.15, 0.2) is 23.2 Å². The lowest BCUT2D eigenvalue weighted by atomic mass is 9.89. The predicted molar refractivity (Wildman–Crippen MR) is 115 cm³/mol. The molecule has 0 bridgehead atoms. The molecule has 2 aliphatic carbocycles. The maximum atomic E-state index is 12.3. The maximum Gasteiger partial charge on any atom is 0.309 e. The fourth-order valence-corrected chi connectivity index (χ4v) is 5.12. The Hall–Kier alpha value is -2.30. The first-order chi connectivity index (χ1) is 15.6. The Morgan fingerprint density at radius 3 is 2.59 bits per heavy atom. The SMILES string of the molecule is O=C(OC[C@H]1O[C@@H](n2cnc3c(NC4CCCC4)ncnc32)[C@H](O)[C@@H]1O)C1CCCCC1. The summed E-state index contributed by atoms with van der Waals surface area (Å²) < 4.78 is 13.0. The highest BCUT2D eigenvalue weighted by Crippen LogP contribution is 2.33. The summed E-state index contributed by atoms with van der Waals surface area (Å²) in [6, 6.07) is 0.372. The van der Waals surface area contributed by atoms with Crippen LogP contribution in [0.25, 0.3) is 11.2 Å². The summed E-state index contributed by atoms with van der Waals surface area (Å²) in [5, 5.41) is 24.6. The molecule has 3 N–H and O–H groups in total. The van der Waals surface area contributed by atoms with Crippen LogP contribution < -0.4 is 5.32 Å². The van der Waals surface area contributed by atoms with Crippen LogP contribution in [0.1, 0.15) is 64.0 Å². The molecular weight excluding hydrogens is 414 g/mol. The van der Waals surface area contributed by atoms with Gasteiger partial charge in [0, 0.05) is 6.04 Å². The standard InChI is InChI=1S/C22H31N5O5/c28-17-15(10-31-22(30)13-6-2-1-3-7-13)32-21(18(17)29)27-12-25-16-19(23-11-24-20(16)27)26-14-8-4-5-9-14/h11-15,17-18,21,28-29H,1-10H2,(H,23,24,26)/t15-,17-,18-,21-/m1/s1. The molecule has 2 saturated carbocycles. The van der Waals surface area contributed by atoms with Crippen LogP contribution in [0.4, 0.5) is 5.82 Å². The third-order valence-electron chi connectivity index (χ3n) is 6.99. The zero-order chi connectivity index (χ0) is 22.1. The fourth-order valence-electron chi connectivity index (χ4n) is 5.12. The third-order valence-corrected chi connectivity index (χ3v) is 6.99. The van der Waals surface area contributed by atoms with Crippen molar-refractivity contribution >= 4 is 23.0 Å². The minimum atomic E-state index is -1.20. The van der Waals surface area contributed by atoms with Crippen LogP contribution in [0, 0.1) is 5.92 Å². The number of esters is 1. The molecule has 174 valence electrons. The van der Waals surface area contributed by atoms with Crippen LogP contribution in [-0.2, 0) is 14.3 Å². The molecule has 2 aromatic rings. The molecule has 0 spiro atoms. The quantitative estimate of drug-likeness (QED) is 0.571. The number of nitrogens with zero attached hydrogens (tertiary/aromatic N) is 4. The highest BCUT2D eigenvalue weighted by Gasteiger charge is 2.45. The van der Waals surface area contributed by atoms with Crippen molar-refractivity contribution in [3.8, 4) is 0 Å². The van der Waals surface area contributed by atoms with Crippen LogP contribution in [0.3, 0.4) is 0 Å². The summed E-state index contributed by atoms with van der Waals surface area (Å²) in [5.41, 5.74) is 1.11. The molecule has 1 saturated heterocycles. The van der Waals surface area contributed by atoms with Gasteiger partial charge in [-0.05, 0) is 25.7 Å². The van der Waals surface area contributed by atoms with Crippen molar-refractivity contribution in [2.24, 2.45) is 5.92 Å². The molecule has 3 fully saturated rings. The van der Waals surface area contributed by atoms with Gasteiger partial charge >= 0.3 is 5.97 Å². The second-order valence-corrected chi connectivity index (χ2v) is 9.18. The molecule has 0 radical (unpaired) electrons. The van der Waals surface area contributed by atoms with Gasteiger partial charge in [-0.3, -0.25) is 9.36 Å². The minimum Gasteiger partial charge on any atom is -0.463 e. The van der Waals surface area contributed by atoms with Gasteiger partial charge in [0.1, 0.15) is 31.2 Å². The van der Waals surface area contributed by atoms with Crippen molar-refractivity contribution in [3.05, 3.63) is 12.7 Å². The molecular formula is C22H31N5O5. The van der Waals surface area contributed by atoms with Gasteiger partial charge in [-0.25, -0.2) is 15.0 Å². The summed E-state index contributed by atoms with van der Waals surface area (Å²) in [7, 11) is 0. The lowest BCUT2D eigenvalue weighted by molar-refractivity contribution is -0.156. The Morgan fingerprint density at radius 2 is 1.81 bits per heavy atom.